The van der Waals surface area contributed by atoms with E-state index in [0.717, 1.165) is 4.47 Å². The minimum absolute atomic E-state index is 1.13. The summed E-state index contributed by atoms with van der Waals surface area (Å²) >= 11 is 3.85. The summed E-state index contributed by atoms with van der Waals surface area (Å²) in [6.45, 7) is 0. The number of aromatic nitrogens is 1. The summed E-state index contributed by atoms with van der Waals surface area (Å²) in [6, 6.07) is 30.1. The first kappa shape index (κ1) is 13.8. The maximum Gasteiger partial charge on any atom is 0.0610 e. The molecule has 0 radical (unpaired) electrons. The molecule has 2 heteroatoms. The normalized spacial score (nSPS) is 11.5. The van der Waals surface area contributed by atoms with E-state index in [2.05, 4.69) is 105 Å². The fourth-order valence-corrected chi connectivity index (χ4v) is 4.25. The zero-order chi connectivity index (χ0) is 16.1. The molecule has 0 N–H and O–H groups in total. The van der Waals surface area contributed by atoms with Gasteiger partial charge in [0.2, 0.25) is 0 Å². The average Bonchev–Trinajstić information content (AvgIpc) is 2.97. The molecule has 0 amide bonds. The topological polar surface area (TPSA) is 4.93 Å². The third-order valence-corrected chi connectivity index (χ3v) is 5.50. The minimum atomic E-state index is 1.13. The Kier molecular flexibility index (Phi) is 3.00. The van der Waals surface area contributed by atoms with Crippen molar-refractivity contribution in [2.24, 2.45) is 0 Å². The van der Waals surface area contributed by atoms with E-state index >= 15 is 0 Å². The highest BCUT2D eigenvalue weighted by Gasteiger charge is 2.14. The Labute approximate surface area is 148 Å². The van der Waals surface area contributed by atoms with Crippen LogP contribution >= 0.6 is 15.9 Å². The largest absolute Gasteiger partial charge is 0.308 e. The predicted molar refractivity (Wildman–Crippen MR) is 106 cm³/mol. The lowest BCUT2D eigenvalue weighted by Gasteiger charge is -2.12. The lowest BCUT2D eigenvalue weighted by Crippen LogP contribution is -1.95. The molecule has 114 valence electrons. The maximum atomic E-state index is 3.85. The highest BCUT2D eigenvalue weighted by atomic mass is 79.9. The van der Waals surface area contributed by atoms with E-state index < -0.39 is 0 Å². The van der Waals surface area contributed by atoms with Gasteiger partial charge in [-0.15, -0.1) is 0 Å². The number of nitrogens with zero attached hydrogens (tertiary/aromatic N) is 1. The van der Waals surface area contributed by atoms with Gasteiger partial charge in [0.25, 0.3) is 0 Å². The second-order valence-corrected chi connectivity index (χ2v) is 6.78. The van der Waals surface area contributed by atoms with Crippen molar-refractivity contribution in [1.82, 2.24) is 4.57 Å². The van der Waals surface area contributed by atoms with Crippen LogP contribution < -0.4 is 0 Å². The van der Waals surface area contributed by atoms with Crippen molar-refractivity contribution in [3.8, 4) is 5.69 Å². The van der Waals surface area contributed by atoms with E-state index in [1.54, 1.807) is 0 Å². The molecule has 5 aromatic rings. The van der Waals surface area contributed by atoms with E-state index in [4.69, 9.17) is 0 Å². The molecule has 0 spiro atoms. The Bertz CT molecular complexity index is 1160. The van der Waals surface area contributed by atoms with Crippen LogP contribution in [0.2, 0.25) is 0 Å². The zero-order valence-corrected chi connectivity index (χ0v) is 14.5. The van der Waals surface area contributed by atoms with Crippen molar-refractivity contribution < 1.29 is 0 Å². The molecule has 5 rings (SSSR count). The third kappa shape index (κ3) is 1.87. The van der Waals surface area contributed by atoms with Gasteiger partial charge in [0, 0.05) is 15.2 Å². The van der Waals surface area contributed by atoms with Crippen LogP contribution in [0.5, 0.6) is 0 Å². The number of para-hydroxylation sites is 2. The molecule has 1 aromatic heterocycles. The Morgan fingerprint density at radius 1 is 0.542 bits per heavy atom. The van der Waals surface area contributed by atoms with Crippen LogP contribution in [0.1, 0.15) is 0 Å². The molecule has 4 aromatic carbocycles. The molecular weight excluding hydrogens is 358 g/mol. The summed E-state index contributed by atoms with van der Waals surface area (Å²) in [4.78, 5) is 0. The van der Waals surface area contributed by atoms with E-state index in [-0.39, 0.29) is 0 Å². The van der Waals surface area contributed by atoms with E-state index in [9.17, 15) is 0 Å². The Morgan fingerprint density at radius 2 is 1.08 bits per heavy atom. The summed E-state index contributed by atoms with van der Waals surface area (Å²) < 4.78 is 3.48. The van der Waals surface area contributed by atoms with Gasteiger partial charge in [-0.1, -0.05) is 66.7 Å². The first-order valence-electron chi connectivity index (χ1n) is 8.00. The van der Waals surface area contributed by atoms with Gasteiger partial charge in [-0.3, -0.25) is 0 Å². The molecule has 0 aliphatic carbocycles. The maximum absolute atomic E-state index is 3.85. The number of rotatable bonds is 1. The van der Waals surface area contributed by atoms with Gasteiger partial charge in [0.15, 0.2) is 0 Å². The quantitative estimate of drug-likeness (QED) is 0.309. The molecule has 0 unspecified atom stereocenters. The molecule has 0 saturated carbocycles. The van der Waals surface area contributed by atoms with Crippen molar-refractivity contribution in [2.45, 2.75) is 0 Å². The smallest absolute Gasteiger partial charge is 0.0610 e. The lowest BCUT2D eigenvalue weighted by molar-refractivity contribution is 1.18. The van der Waals surface area contributed by atoms with Gasteiger partial charge in [-0.05, 0) is 44.9 Å². The van der Waals surface area contributed by atoms with Gasteiger partial charge in [-0.2, -0.15) is 0 Å². The summed E-state index contributed by atoms with van der Waals surface area (Å²) in [6.07, 6.45) is 0. The summed E-state index contributed by atoms with van der Waals surface area (Å²) in [5.41, 5.74) is 3.63. The first-order chi connectivity index (χ1) is 11.8. The number of hydrogen-bond acceptors (Lipinski definition) is 0. The fourth-order valence-electron chi connectivity index (χ4n) is 3.58. The molecule has 0 aliphatic rings. The van der Waals surface area contributed by atoms with Gasteiger partial charge in [0.1, 0.15) is 0 Å². The van der Waals surface area contributed by atoms with Crippen molar-refractivity contribution in [3.63, 3.8) is 0 Å². The van der Waals surface area contributed by atoms with E-state index in [1.807, 2.05) is 0 Å². The molecule has 1 nitrogen and oxygen atoms in total. The van der Waals surface area contributed by atoms with Crippen LogP contribution in [0.25, 0.3) is 38.3 Å². The highest BCUT2D eigenvalue weighted by molar-refractivity contribution is 9.10. The van der Waals surface area contributed by atoms with Gasteiger partial charge >= 0.3 is 0 Å². The monoisotopic (exact) mass is 371 g/mol. The highest BCUT2D eigenvalue weighted by Crippen LogP contribution is 2.37. The molecule has 0 atom stereocenters. The molecule has 0 fully saturated rings. The number of fused-ring (bicyclic) bond motifs is 4. The lowest BCUT2D eigenvalue weighted by atomic mass is 10.1. The van der Waals surface area contributed by atoms with Crippen molar-refractivity contribution in [3.05, 3.63) is 89.4 Å². The Hall–Kier alpha value is -2.58. The van der Waals surface area contributed by atoms with Crippen LogP contribution in [0, 0.1) is 0 Å². The van der Waals surface area contributed by atoms with Crippen molar-refractivity contribution in [2.75, 3.05) is 0 Å². The number of hydrogen-bond donors (Lipinski definition) is 0. The fraction of sp³-hybridized carbons (Fsp3) is 0. The molecule has 0 bridgehead atoms. The van der Waals surface area contributed by atoms with E-state index in [0.29, 0.717) is 0 Å². The van der Waals surface area contributed by atoms with Gasteiger partial charge in [0.05, 0.1) is 16.7 Å². The van der Waals surface area contributed by atoms with Crippen LogP contribution in [-0.2, 0) is 0 Å². The minimum Gasteiger partial charge on any atom is -0.308 e. The Balaban J connectivity index is 1.97. The first-order valence-corrected chi connectivity index (χ1v) is 8.80. The van der Waals surface area contributed by atoms with Crippen LogP contribution in [0.15, 0.2) is 89.4 Å². The van der Waals surface area contributed by atoms with Crippen LogP contribution in [-0.4, -0.2) is 4.57 Å². The van der Waals surface area contributed by atoms with Crippen molar-refractivity contribution >= 4 is 48.5 Å². The standard InChI is InChI=1S/C22H14BrN/c23-22-16-8-2-1-7-15(16)13-14-21(22)24-19-11-5-3-9-17(19)18-10-4-6-12-20(18)24/h1-14H. The predicted octanol–water partition coefficient (Wildman–Crippen LogP) is 6.70. The number of halogens is 1. The van der Waals surface area contributed by atoms with Crippen LogP contribution in [0.3, 0.4) is 0 Å². The van der Waals surface area contributed by atoms with Crippen molar-refractivity contribution in [1.29, 1.82) is 0 Å². The average molecular weight is 372 g/mol. The SMILES string of the molecule is Brc1c(-n2c3ccccc3c3ccccc32)ccc2ccccc12. The molecule has 0 aliphatic heterocycles. The molecule has 0 saturated heterocycles. The molecule has 1 heterocycles. The second kappa shape index (κ2) is 5.22. The zero-order valence-electron chi connectivity index (χ0n) is 12.9. The summed E-state index contributed by atoms with van der Waals surface area (Å²) in [5, 5.41) is 5.05. The molecule has 24 heavy (non-hydrogen) atoms. The Morgan fingerprint density at radius 3 is 1.75 bits per heavy atom. The summed E-state index contributed by atoms with van der Waals surface area (Å²) in [7, 11) is 0. The molecular formula is C22H14BrN. The van der Waals surface area contributed by atoms with Gasteiger partial charge < -0.3 is 4.57 Å². The summed E-state index contributed by atoms with van der Waals surface area (Å²) in [5.74, 6) is 0. The van der Waals surface area contributed by atoms with E-state index in [1.165, 1.54) is 38.3 Å². The third-order valence-electron chi connectivity index (χ3n) is 4.66. The second-order valence-electron chi connectivity index (χ2n) is 5.99. The number of benzene rings is 4. The van der Waals surface area contributed by atoms with Gasteiger partial charge in [-0.25, -0.2) is 0 Å². The van der Waals surface area contributed by atoms with Crippen LogP contribution in [0.4, 0.5) is 0 Å².